The van der Waals surface area contributed by atoms with Gasteiger partial charge in [-0.1, -0.05) is 0 Å². The van der Waals surface area contributed by atoms with E-state index in [0.717, 1.165) is 12.5 Å². The Bertz CT molecular complexity index is 539. The quantitative estimate of drug-likeness (QED) is 0.926. The largest absolute Gasteiger partial charge is 0.487 e. The van der Waals surface area contributed by atoms with Crippen LogP contribution in [0.2, 0.25) is 0 Å². The summed E-state index contributed by atoms with van der Waals surface area (Å²) in [6.45, 7) is 1.78. The molecule has 0 aliphatic carbocycles. The molecule has 2 aliphatic heterocycles. The predicted octanol–water partition coefficient (Wildman–Crippen LogP) is 2.24. The Labute approximate surface area is 121 Å². The summed E-state index contributed by atoms with van der Waals surface area (Å²) in [6.07, 6.45) is 2.02. The van der Waals surface area contributed by atoms with Gasteiger partial charge in [-0.3, -0.25) is 0 Å². The van der Waals surface area contributed by atoms with Crippen LogP contribution in [0.1, 0.15) is 29.6 Å². The summed E-state index contributed by atoms with van der Waals surface area (Å²) in [5, 5.41) is 8.82. The lowest BCUT2D eigenvalue weighted by Gasteiger charge is -2.37. The molecule has 0 radical (unpaired) electrons. The van der Waals surface area contributed by atoms with Crippen LogP contribution in [0.25, 0.3) is 0 Å². The monoisotopic (exact) mass is 296 g/mol. The molecular weight excluding hydrogens is 279 g/mol. The number of rotatable bonds is 3. The Morgan fingerprint density at radius 3 is 2.95 bits per heavy atom. The molecule has 1 spiro atoms. The molecule has 0 bridgehead atoms. The van der Waals surface area contributed by atoms with Gasteiger partial charge in [-0.15, -0.1) is 0 Å². The molecule has 2 aliphatic rings. The minimum absolute atomic E-state index is 0.0842. The van der Waals surface area contributed by atoms with Crippen molar-refractivity contribution in [1.29, 1.82) is 0 Å². The molecule has 2 fully saturated rings. The van der Waals surface area contributed by atoms with Gasteiger partial charge in [0, 0.05) is 25.9 Å². The van der Waals surface area contributed by atoms with E-state index in [1.54, 1.807) is 0 Å². The van der Waals surface area contributed by atoms with Crippen LogP contribution in [0.15, 0.2) is 18.2 Å². The fourth-order valence-corrected chi connectivity index (χ4v) is 2.86. The lowest BCUT2D eigenvalue weighted by Crippen LogP contribution is -2.44. The van der Waals surface area contributed by atoms with Crippen molar-refractivity contribution in [3.8, 4) is 5.75 Å². The average Bonchev–Trinajstić information content (AvgIpc) is 2.89. The first-order valence-corrected chi connectivity index (χ1v) is 6.99. The Morgan fingerprint density at radius 1 is 1.43 bits per heavy atom. The van der Waals surface area contributed by atoms with Crippen LogP contribution < -0.4 is 4.74 Å². The highest BCUT2D eigenvalue weighted by molar-refractivity contribution is 5.87. The highest BCUT2D eigenvalue weighted by atomic mass is 19.1. The number of hydrogen-bond acceptors (Lipinski definition) is 4. The Morgan fingerprint density at radius 2 is 2.29 bits per heavy atom. The van der Waals surface area contributed by atoms with Gasteiger partial charge in [0.05, 0.1) is 24.4 Å². The number of carbonyl (C=O) groups is 1. The molecule has 2 heterocycles. The number of aromatic carboxylic acids is 1. The topological polar surface area (TPSA) is 65.0 Å². The number of hydrogen-bond donors (Lipinski definition) is 1. The number of carboxylic acids is 1. The van der Waals surface area contributed by atoms with Crippen molar-refractivity contribution in [3.05, 3.63) is 29.6 Å². The first kappa shape index (κ1) is 14.3. The maximum absolute atomic E-state index is 13.9. The Kier molecular flexibility index (Phi) is 3.82. The van der Waals surface area contributed by atoms with Crippen molar-refractivity contribution < 1.29 is 28.5 Å². The molecule has 6 heteroatoms. The highest BCUT2D eigenvalue weighted by Crippen LogP contribution is 2.35. The molecule has 2 saturated heterocycles. The van der Waals surface area contributed by atoms with E-state index >= 15 is 0 Å². The van der Waals surface area contributed by atoms with Crippen LogP contribution in [0.4, 0.5) is 4.39 Å². The third kappa shape index (κ3) is 3.01. The zero-order chi connectivity index (χ0) is 14.9. The minimum atomic E-state index is -1.16. The van der Waals surface area contributed by atoms with Gasteiger partial charge in [0.2, 0.25) is 0 Å². The summed E-state index contributed by atoms with van der Waals surface area (Å²) in [5.74, 6) is -1.73. The van der Waals surface area contributed by atoms with Crippen molar-refractivity contribution in [2.75, 3.05) is 19.8 Å². The Balaban J connectivity index is 1.70. The van der Waals surface area contributed by atoms with Crippen molar-refractivity contribution >= 4 is 5.97 Å². The smallest absolute Gasteiger partial charge is 0.335 e. The lowest BCUT2D eigenvalue weighted by atomic mass is 9.91. The molecule has 0 aromatic heterocycles. The van der Waals surface area contributed by atoms with Crippen LogP contribution >= 0.6 is 0 Å². The fourth-order valence-electron chi connectivity index (χ4n) is 2.86. The van der Waals surface area contributed by atoms with E-state index in [9.17, 15) is 9.18 Å². The summed E-state index contributed by atoms with van der Waals surface area (Å²) in [5.41, 5.74) is -0.395. The van der Waals surface area contributed by atoms with E-state index < -0.39 is 11.8 Å². The number of halogens is 1. The van der Waals surface area contributed by atoms with Gasteiger partial charge in [-0.25, -0.2) is 9.18 Å². The molecule has 0 amide bonds. The predicted molar refractivity (Wildman–Crippen MR) is 71.1 cm³/mol. The van der Waals surface area contributed by atoms with E-state index in [1.165, 1.54) is 12.1 Å². The first-order valence-electron chi connectivity index (χ1n) is 6.99. The van der Waals surface area contributed by atoms with E-state index in [0.29, 0.717) is 32.7 Å². The van der Waals surface area contributed by atoms with E-state index in [-0.39, 0.29) is 23.0 Å². The van der Waals surface area contributed by atoms with E-state index in [2.05, 4.69) is 0 Å². The summed E-state index contributed by atoms with van der Waals surface area (Å²) in [6, 6.07) is 3.69. The van der Waals surface area contributed by atoms with E-state index in [1.807, 2.05) is 0 Å². The highest BCUT2D eigenvalue weighted by Gasteiger charge is 2.42. The average molecular weight is 296 g/mol. The van der Waals surface area contributed by atoms with Crippen molar-refractivity contribution in [1.82, 2.24) is 0 Å². The van der Waals surface area contributed by atoms with Gasteiger partial charge >= 0.3 is 5.97 Å². The SMILES string of the molecule is O=C(O)c1ccc(OC2CCOC3(CCOC3)C2)c(F)c1. The molecular formula is C15H17FO5. The minimum Gasteiger partial charge on any atom is -0.487 e. The maximum Gasteiger partial charge on any atom is 0.335 e. The van der Waals surface area contributed by atoms with Crippen LogP contribution in [0, 0.1) is 5.82 Å². The van der Waals surface area contributed by atoms with Crippen LogP contribution in [0.5, 0.6) is 5.75 Å². The molecule has 5 nitrogen and oxygen atoms in total. The summed E-state index contributed by atoms with van der Waals surface area (Å²) in [7, 11) is 0. The number of ether oxygens (including phenoxy) is 3. The third-order valence-corrected chi connectivity index (χ3v) is 3.99. The molecule has 3 rings (SSSR count). The van der Waals surface area contributed by atoms with Gasteiger partial charge < -0.3 is 19.3 Å². The standard InChI is InChI=1S/C15H17FO5/c16-12-7-10(14(17)18)1-2-13(12)21-11-3-5-20-15(8-11)4-6-19-9-15/h1-2,7,11H,3-6,8-9H2,(H,17,18). The maximum atomic E-state index is 13.9. The molecule has 1 N–H and O–H groups in total. The number of benzene rings is 1. The van der Waals surface area contributed by atoms with Crippen LogP contribution in [0.3, 0.4) is 0 Å². The van der Waals surface area contributed by atoms with Crippen LogP contribution in [-0.4, -0.2) is 42.6 Å². The lowest BCUT2D eigenvalue weighted by molar-refractivity contribution is -0.112. The second-order valence-electron chi connectivity index (χ2n) is 5.52. The summed E-state index contributed by atoms with van der Waals surface area (Å²) in [4.78, 5) is 10.8. The van der Waals surface area contributed by atoms with Gasteiger partial charge in [0.25, 0.3) is 0 Å². The van der Waals surface area contributed by atoms with Gasteiger partial charge in [-0.2, -0.15) is 0 Å². The molecule has 21 heavy (non-hydrogen) atoms. The molecule has 114 valence electrons. The molecule has 0 saturated carbocycles. The fraction of sp³-hybridized carbons (Fsp3) is 0.533. The van der Waals surface area contributed by atoms with Crippen molar-refractivity contribution in [2.24, 2.45) is 0 Å². The zero-order valence-electron chi connectivity index (χ0n) is 11.5. The van der Waals surface area contributed by atoms with Gasteiger partial charge in [-0.05, 0) is 18.2 Å². The summed E-state index contributed by atoms with van der Waals surface area (Å²) >= 11 is 0. The van der Waals surface area contributed by atoms with Crippen molar-refractivity contribution in [2.45, 2.75) is 31.0 Å². The molecule has 1 aromatic rings. The van der Waals surface area contributed by atoms with E-state index in [4.69, 9.17) is 19.3 Å². The normalized spacial score (nSPS) is 28.7. The van der Waals surface area contributed by atoms with Gasteiger partial charge in [0.1, 0.15) is 6.10 Å². The molecule has 2 unspecified atom stereocenters. The number of carboxylic acid groups (broad SMARTS) is 1. The van der Waals surface area contributed by atoms with Crippen LogP contribution in [-0.2, 0) is 9.47 Å². The summed E-state index contributed by atoms with van der Waals surface area (Å²) < 4.78 is 30.8. The second-order valence-corrected chi connectivity index (χ2v) is 5.52. The molecule has 2 atom stereocenters. The van der Waals surface area contributed by atoms with Gasteiger partial charge in [0.15, 0.2) is 11.6 Å². The second kappa shape index (κ2) is 5.61. The molecule has 1 aromatic carbocycles. The van der Waals surface area contributed by atoms with Crippen molar-refractivity contribution in [3.63, 3.8) is 0 Å². The zero-order valence-corrected chi connectivity index (χ0v) is 11.5. The Hall–Kier alpha value is -1.66. The third-order valence-electron chi connectivity index (χ3n) is 3.99. The first-order chi connectivity index (χ1) is 10.1.